The van der Waals surface area contributed by atoms with Crippen LogP contribution in [0.2, 0.25) is 0 Å². The molecular weight excluding hydrogens is 1290 g/mol. The van der Waals surface area contributed by atoms with Gasteiger partial charge in [-0.2, -0.15) is 0 Å². The predicted octanol–water partition coefficient (Wildman–Crippen LogP) is 10.7. The topological polar surface area (TPSA) is 153 Å². The van der Waals surface area contributed by atoms with Crippen molar-refractivity contribution in [2.24, 2.45) is 35.5 Å². The van der Waals surface area contributed by atoms with Crippen LogP contribution in [-0.2, 0) is 49.2 Å². The molecule has 12 bridgehead atoms. The summed E-state index contributed by atoms with van der Waals surface area (Å²) in [6.07, 6.45) is 13.9. The molecule has 0 amide bonds. The number of benzene rings is 3. The van der Waals surface area contributed by atoms with Crippen LogP contribution in [-0.4, -0.2) is 134 Å². The minimum Gasteiger partial charge on any atom is -0.850 e. The number of hydrogen-bond donors (Lipinski definition) is 4. The first-order chi connectivity index (χ1) is 41.0. The normalized spacial score (nSPS) is 31.8. The van der Waals surface area contributed by atoms with Crippen LogP contribution in [0.4, 0.5) is 4.39 Å². The molecular formula is C68H92BBr3FN6NaO6. The number of aromatic amines is 3. The molecule has 12 heterocycles. The van der Waals surface area contributed by atoms with Gasteiger partial charge in [0.25, 0.3) is 0 Å². The Morgan fingerprint density at radius 3 is 1.52 bits per heavy atom. The summed E-state index contributed by atoms with van der Waals surface area (Å²) in [6.45, 7) is 23.0. The molecule has 0 spiro atoms. The van der Waals surface area contributed by atoms with Crippen LogP contribution in [0.25, 0.3) is 32.7 Å². The number of carbonyl (C=O) groups excluding carboxylic acids is 2. The van der Waals surface area contributed by atoms with Gasteiger partial charge in [-0.25, -0.2) is 0 Å². The number of aryl methyl sites for hydroxylation is 2. The quantitative estimate of drug-likeness (QED) is 0.0976. The Kier molecular flexibility index (Phi) is 21.3. The number of phenols is 1. The Morgan fingerprint density at radius 2 is 1.07 bits per heavy atom. The van der Waals surface area contributed by atoms with Crippen LogP contribution in [0.5, 0.6) is 5.75 Å². The van der Waals surface area contributed by atoms with Gasteiger partial charge >= 0.3 is 44.7 Å². The van der Waals surface area contributed by atoms with E-state index in [1.165, 1.54) is 100 Å². The van der Waals surface area contributed by atoms with Gasteiger partial charge in [-0.05, 0) is 166 Å². The number of methoxy groups -OCH3 is 2. The van der Waals surface area contributed by atoms with Crippen molar-refractivity contribution in [3.05, 3.63) is 99.5 Å². The molecule has 0 radical (unpaired) electrons. The summed E-state index contributed by atoms with van der Waals surface area (Å²) >= 11 is 9.31. The monoisotopic (exact) mass is 1380 g/mol. The fourth-order valence-electron chi connectivity index (χ4n) is 18.5. The number of nitrogens with zero attached hydrogens (tertiary/aromatic N) is 3. The van der Waals surface area contributed by atoms with Crippen molar-refractivity contribution < 1.29 is 64.6 Å². The van der Waals surface area contributed by atoms with Crippen molar-refractivity contribution in [2.45, 2.75) is 173 Å². The maximum Gasteiger partial charge on any atom is 1.00 e. The van der Waals surface area contributed by atoms with Crippen LogP contribution in [0.1, 0.15) is 152 Å². The van der Waals surface area contributed by atoms with Gasteiger partial charge in [-0.3, -0.25) is 28.7 Å². The summed E-state index contributed by atoms with van der Waals surface area (Å²) in [4.78, 5) is 45.8. The van der Waals surface area contributed by atoms with Crippen LogP contribution in [0.3, 0.4) is 0 Å². The number of aromatic nitrogens is 3. The van der Waals surface area contributed by atoms with Crippen LogP contribution < -0.4 is 34.7 Å². The minimum absolute atomic E-state index is 0. The summed E-state index contributed by atoms with van der Waals surface area (Å²) in [5.74, 6) is 5.03. The number of nitrogens with one attached hydrogen (secondary N) is 3. The van der Waals surface area contributed by atoms with Crippen molar-refractivity contribution in [3.63, 3.8) is 0 Å². The van der Waals surface area contributed by atoms with Gasteiger partial charge in [0, 0.05) is 113 Å². The zero-order valence-electron chi connectivity index (χ0n) is 53.8. The van der Waals surface area contributed by atoms with Crippen LogP contribution in [0, 0.1) is 49.4 Å². The van der Waals surface area contributed by atoms with E-state index in [0.717, 1.165) is 111 Å². The molecule has 6 aromatic rings. The fraction of sp³-hybridized carbons (Fsp3) is 0.618. The van der Waals surface area contributed by atoms with Gasteiger partial charge in [0.05, 0.1) is 22.7 Å². The Balaban J connectivity index is 0.000000142. The molecule has 18 heteroatoms. The zero-order valence-corrected chi connectivity index (χ0v) is 59.6. The average molecular weight is 1380 g/mol. The molecule has 3 saturated carbocycles. The van der Waals surface area contributed by atoms with E-state index in [0.29, 0.717) is 35.3 Å². The summed E-state index contributed by atoms with van der Waals surface area (Å²) in [5, 5.41) is 23.8. The van der Waals surface area contributed by atoms with Gasteiger partial charge in [0.15, 0.2) is 0 Å². The Hall–Kier alpha value is -2.71. The number of carbonyl (C=O) groups is 2. The molecule has 3 aromatic carbocycles. The molecule has 4 N–H and O–H groups in total. The number of piperidine rings is 6. The fourth-order valence-corrected chi connectivity index (χ4v) is 18.5. The molecule has 9 aliphatic heterocycles. The van der Waals surface area contributed by atoms with Gasteiger partial charge in [-0.15, -0.1) is 52.9 Å². The van der Waals surface area contributed by atoms with Crippen molar-refractivity contribution in [1.29, 1.82) is 0 Å². The Bertz CT molecular complexity index is 3240. The molecule has 462 valence electrons. The second-order valence-electron chi connectivity index (χ2n) is 27.3. The van der Waals surface area contributed by atoms with E-state index in [2.05, 4.69) is 148 Å². The summed E-state index contributed by atoms with van der Waals surface area (Å²) in [7, 11) is 2.12. The van der Waals surface area contributed by atoms with E-state index >= 15 is 0 Å². The third-order valence-corrected chi connectivity index (χ3v) is 21.1. The summed E-state index contributed by atoms with van der Waals surface area (Å²) in [5.41, 5.74) is 12.2. The van der Waals surface area contributed by atoms with Crippen molar-refractivity contribution in [2.75, 3.05) is 60.6 Å². The number of aromatic hydroxyl groups is 1. The standard InChI is InChI=1S/2C22H28N2O2.C19H24N2O.C4H9O.CH3F.BBr3.Na/c2*1-4-15-10-14-11-22(21(25)26-3)19-16(7-8-24(12-14)20(15)22)17-9-13(2)5-6-18(17)23-19;1-2-12-7-11-8-16-18-14(5-6-21(10-11)19(12)16)15-9-13(22)3-4-17(15)20-18;1-4(2,3)5;1-2;2-1(3)4;/h2*5-6,9,14-15,20,23H,4,7-8,10-12H2,1-3H3;3-4,9,11-12,16,19-20,22H,2,5-8,10H2,1H3;1-3H3;1H3;;/q;;;-1;;;+1/t2*14?,15-,20?,22-;11?,12-,16-,19?;;;;/m000..../s1/i;;;;1D;;. The Labute approximate surface area is 559 Å². The van der Waals surface area contributed by atoms with Gasteiger partial charge < -0.3 is 34.6 Å². The molecule has 3 aliphatic carbocycles. The number of fused-ring (bicyclic) bond motifs is 12. The second kappa shape index (κ2) is 27.6. The van der Waals surface area contributed by atoms with E-state index in [1.54, 1.807) is 41.1 Å². The molecule has 15 atom stereocenters. The molecule has 18 rings (SSSR count). The van der Waals surface area contributed by atoms with E-state index in [-0.39, 0.29) is 56.8 Å². The number of rotatable bonds is 5. The Morgan fingerprint density at radius 1 is 0.674 bits per heavy atom. The molecule has 9 fully saturated rings. The maximum absolute atomic E-state index is 13.3. The smallest absolute Gasteiger partial charge is 0.850 e. The molecule has 12 aliphatic rings. The van der Waals surface area contributed by atoms with Crippen molar-refractivity contribution >= 4 is 95.1 Å². The van der Waals surface area contributed by atoms with Gasteiger partial charge in [0.2, 0.25) is 0 Å². The van der Waals surface area contributed by atoms with Crippen LogP contribution >= 0.6 is 47.3 Å². The molecule has 9 unspecified atom stereocenters. The first kappa shape index (κ1) is 66.2. The van der Waals surface area contributed by atoms with E-state index < -0.39 is 23.6 Å². The SMILES string of the molecule is BrB(Br)Br.CC(C)(C)[O-].CC[C@H]1CC2CN3CCc4c([nH]c5ccc(C)cc45)[C@@](C(=O)OC)(C2)C13.CC[C@H]1CC2CN3CCc4c([nH]c5ccc(C)cc45)[C@@](C(=O)OC)(C2)C13.CC[C@H]1CC2C[C@H]3c4[nH]c5ccc(O)cc5c4CCN(C2)C13.[2H]CF.[Na+]. The summed E-state index contributed by atoms with van der Waals surface area (Å²) < 4.78 is 26.7. The molecule has 86 heavy (non-hydrogen) atoms. The number of halogens is 4. The maximum atomic E-state index is 13.3. The molecule has 3 aromatic heterocycles. The van der Waals surface area contributed by atoms with Crippen LogP contribution in [0.15, 0.2) is 54.6 Å². The summed E-state index contributed by atoms with van der Waals surface area (Å²) in [6, 6.07) is 20.2. The van der Waals surface area contributed by atoms with Gasteiger partial charge in [0.1, 0.15) is 16.6 Å². The number of alkyl halides is 1. The van der Waals surface area contributed by atoms with Gasteiger partial charge in [-0.1, -0.05) is 84.1 Å². The number of esters is 2. The third-order valence-electron chi connectivity index (χ3n) is 21.1. The third kappa shape index (κ3) is 12.7. The minimum atomic E-state index is -1.00. The van der Waals surface area contributed by atoms with E-state index in [9.17, 15) is 24.2 Å². The largest absolute Gasteiger partial charge is 1.00 e. The number of phenolic OH excluding ortho intramolecular Hbond substituents is 1. The molecule has 12 nitrogen and oxygen atoms in total. The van der Waals surface area contributed by atoms with E-state index in [1.807, 2.05) is 12.1 Å². The predicted molar refractivity (Wildman–Crippen MR) is 352 cm³/mol. The number of hydrogen-bond acceptors (Lipinski definition) is 9. The number of ether oxygens (including phenoxy) is 2. The first-order valence-electron chi connectivity index (χ1n) is 32.2. The zero-order chi connectivity index (χ0) is 61.7. The second-order valence-corrected chi connectivity index (χ2v) is 33.7. The van der Waals surface area contributed by atoms with E-state index in [4.69, 9.17) is 10.8 Å². The molecule has 6 saturated heterocycles. The van der Waals surface area contributed by atoms with Crippen molar-refractivity contribution in [1.82, 2.24) is 29.7 Å². The van der Waals surface area contributed by atoms with Crippen molar-refractivity contribution in [3.8, 4) is 5.75 Å². The number of H-pyrrole nitrogens is 3. The first-order valence-corrected chi connectivity index (χ1v) is 34.2. The average Bonchev–Trinajstić information content (AvgIpc) is 1.91.